The lowest BCUT2D eigenvalue weighted by atomic mass is 10.3. The van der Waals surface area contributed by atoms with E-state index in [1.54, 1.807) is 25.1 Å². The number of amidine groups is 1. The van der Waals surface area contributed by atoms with Gasteiger partial charge >= 0.3 is 0 Å². The summed E-state index contributed by atoms with van der Waals surface area (Å²) in [5.41, 5.74) is 6.06. The molecule has 0 heterocycles. The summed E-state index contributed by atoms with van der Waals surface area (Å²) in [6, 6.07) is 5.04. The third-order valence-electron chi connectivity index (χ3n) is 1.15. The molecule has 64 valence electrons. The highest BCUT2D eigenvalue weighted by Crippen LogP contribution is 2.24. The smallest absolute Gasteiger partial charge is 0.0964 e. The molecule has 0 amide bonds. The first-order chi connectivity index (χ1) is 5.58. The maximum absolute atomic E-state index is 5.74. The van der Waals surface area contributed by atoms with Crippen molar-refractivity contribution in [3.05, 3.63) is 28.2 Å². The van der Waals surface area contributed by atoms with E-state index >= 15 is 0 Å². The number of hydrogen-bond acceptors (Lipinski definition) is 1. The van der Waals surface area contributed by atoms with Gasteiger partial charge in [-0.05, 0) is 25.1 Å². The second kappa shape index (κ2) is 3.78. The van der Waals surface area contributed by atoms with Gasteiger partial charge in [0.2, 0.25) is 0 Å². The Bertz CT molecular complexity index is 297. The van der Waals surface area contributed by atoms with Gasteiger partial charge < -0.3 is 5.73 Å². The van der Waals surface area contributed by atoms with Crippen molar-refractivity contribution < 1.29 is 0 Å². The molecule has 0 saturated heterocycles. The van der Waals surface area contributed by atoms with Crippen LogP contribution >= 0.6 is 23.2 Å². The summed E-state index contributed by atoms with van der Waals surface area (Å²) in [7, 11) is 0. The number of hydrogen-bond donors (Lipinski definition) is 1. The van der Waals surface area contributed by atoms with E-state index in [1.807, 2.05) is 0 Å². The van der Waals surface area contributed by atoms with Crippen molar-refractivity contribution in [3.8, 4) is 0 Å². The van der Waals surface area contributed by atoms with Crippen molar-refractivity contribution in [1.82, 2.24) is 0 Å². The van der Waals surface area contributed by atoms with Gasteiger partial charge in [0.1, 0.15) is 0 Å². The monoisotopic (exact) mass is 202 g/mol. The maximum atomic E-state index is 5.74. The lowest BCUT2D eigenvalue weighted by Crippen LogP contribution is -2.03. The Kier molecular flexibility index (Phi) is 2.95. The minimum absolute atomic E-state index is 0.480. The van der Waals surface area contributed by atoms with E-state index in [-0.39, 0.29) is 0 Å². The van der Waals surface area contributed by atoms with Gasteiger partial charge in [-0.3, -0.25) is 0 Å². The lowest BCUT2D eigenvalue weighted by Gasteiger charge is -1.97. The van der Waals surface area contributed by atoms with Crippen LogP contribution < -0.4 is 5.73 Å². The van der Waals surface area contributed by atoms with Crippen LogP contribution in [-0.2, 0) is 0 Å². The second-order valence-electron chi connectivity index (χ2n) is 2.38. The van der Waals surface area contributed by atoms with Crippen molar-refractivity contribution >= 4 is 34.7 Å². The highest BCUT2D eigenvalue weighted by molar-refractivity contribution is 6.35. The molecule has 0 bridgehead atoms. The fourth-order valence-corrected chi connectivity index (χ4v) is 1.32. The quantitative estimate of drug-likeness (QED) is 0.552. The largest absolute Gasteiger partial charge is 0.387 e. The predicted molar refractivity (Wildman–Crippen MR) is 53.4 cm³/mol. The number of benzene rings is 1. The molecular formula is C8H8Cl2N2. The molecule has 2 N–H and O–H groups in total. The van der Waals surface area contributed by atoms with Crippen molar-refractivity contribution in [3.63, 3.8) is 0 Å². The van der Waals surface area contributed by atoms with Crippen molar-refractivity contribution in [2.75, 3.05) is 0 Å². The summed E-state index contributed by atoms with van der Waals surface area (Å²) < 4.78 is 0. The molecule has 0 aliphatic carbocycles. The summed E-state index contributed by atoms with van der Waals surface area (Å²) in [6.07, 6.45) is 0. The second-order valence-corrected chi connectivity index (χ2v) is 3.25. The summed E-state index contributed by atoms with van der Waals surface area (Å²) in [5, 5.41) is 1.12. The minimum Gasteiger partial charge on any atom is -0.387 e. The molecule has 0 radical (unpaired) electrons. The van der Waals surface area contributed by atoms with E-state index in [4.69, 9.17) is 28.9 Å². The summed E-state index contributed by atoms with van der Waals surface area (Å²) in [4.78, 5) is 4.01. The van der Waals surface area contributed by atoms with Crippen LogP contribution in [0.4, 0.5) is 5.69 Å². The summed E-state index contributed by atoms with van der Waals surface area (Å²) in [6.45, 7) is 1.70. The van der Waals surface area contributed by atoms with Crippen molar-refractivity contribution in [1.29, 1.82) is 0 Å². The summed E-state index contributed by atoms with van der Waals surface area (Å²) >= 11 is 11.5. The molecule has 1 aromatic carbocycles. The van der Waals surface area contributed by atoms with E-state index in [1.165, 1.54) is 0 Å². The van der Waals surface area contributed by atoms with E-state index in [0.29, 0.717) is 21.6 Å². The standard InChI is InChI=1S/C8H8Cl2N2/c1-5(11)12-8-3-6(9)2-7(10)4-8/h2-4H,1H3,(H2,11,12). The molecule has 1 aromatic rings. The number of nitrogens with zero attached hydrogens (tertiary/aromatic N) is 1. The molecule has 0 aliphatic rings. The van der Waals surface area contributed by atoms with Crippen LogP contribution in [0, 0.1) is 0 Å². The third kappa shape index (κ3) is 2.72. The fourth-order valence-electron chi connectivity index (χ4n) is 0.807. The maximum Gasteiger partial charge on any atom is 0.0964 e. The zero-order chi connectivity index (χ0) is 9.14. The predicted octanol–water partition coefficient (Wildman–Crippen LogP) is 3.00. The zero-order valence-corrected chi connectivity index (χ0v) is 8.02. The normalized spacial score (nSPS) is 11.8. The highest BCUT2D eigenvalue weighted by atomic mass is 35.5. The van der Waals surface area contributed by atoms with Gasteiger partial charge in [0, 0.05) is 10.0 Å². The van der Waals surface area contributed by atoms with Crippen LogP contribution in [0.25, 0.3) is 0 Å². The zero-order valence-electron chi connectivity index (χ0n) is 6.51. The lowest BCUT2D eigenvalue weighted by molar-refractivity contribution is 1.45. The Labute approximate surface area is 81.0 Å². The summed E-state index contributed by atoms with van der Waals surface area (Å²) in [5.74, 6) is 0.480. The van der Waals surface area contributed by atoms with Crippen LogP contribution in [0.15, 0.2) is 23.2 Å². The van der Waals surface area contributed by atoms with Crippen LogP contribution in [0.1, 0.15) is 6.92 Å². The highest BCUT2D eigenvalue weighted by Gasteiger charge is 1.95. The molecule has 0 aliphatic heterocycles. The molecule has 0 fully saturated rings. The Morgan fingerprint density at radius 2 is 1.75 bits per heavy atom. The third-order valence-corrected chi connectivity index (χ3v) is 1.59. The molecule has 4 heteroatoms. The molecule has 0 saturated carbocycles. The SMILES string of the molecule is CC(N)=Nc1cc(Cl)cc(Cl)c1. The van der Waals surface area contributed by atoms with Gasteiger partial charge in [0.15, 0.2) is 0 Å². The molecule has 2 nitrogen and oxygen atoms in total. The topological polar surface area (TPSA) is 38.4 Å². The first kappa shape index (κ1) is 9.36. The Balaban J connectivity index is 3.09. The van der Waals surface area contributed by atoms with Crippen LogP contribution in [0.5, 0.6) is 0 Å². The number of nitrogens with two attached hydrogens (primary N) is 1. The van der Waals surface area contributed by atoms with Gasteiger partial charge in [-0.15, -0.1) is 0 Å². The number of aliphatic imine (C=N–C) groups is 1. The minimum atomic E-state index is 0.480. The molecule has 0 spiro atoms. The Hall–Kier alpha value is -0.730. The van der Waals surface area contributed by atoms with Crippen LogP contribution in [0.3, 0.4) is 0 Å². The van der Waals surface area contributed by atoms with E-state index in [0.717, 1.165) is 0 Å². The molecule has 0 unspecified atom stereocenters. The van der Waals surface area contributed by atoms with Crippen molar-refractivity contribution in [2.24, 2.45) is 10.7 Å². The first-order valence-electron chi connectivity index (χ1n) is 3.35. The molecule has 12 heavy (non-hydrogen) atoms. The van der Waals surface area contributed by atoms with E-state index < -0.39 is 0 Å². The van der Waals surface area contributed by atoms with Crippen LogP contribution in [0.2, 0.25) is 10.0 Å². The first-order valence-corrected chi connectivity index (χ1v) is 4.10. The Morgan fingerprint density at radius 3 is 2.17 bits per heavy atom. The van der Waals surface area contributed by atoms with Gasteiger partial charge in [0.25, 0.3) is 0 Å². The average Bonchev–Trinajstić information content (AvgIpc) is 1.81. The molecular weight excluding hydrogens is 195 g/mol. The molecule has 0 aromatic heterocycles. The number of halogens is 2. The van der Waals surface area contributed by atoms with Gasteiger partial charge in [-0.1, -0.05) is 23.2 Å². The van der Waals surface area contributed by atoms with Gasteiger partial charge in [-0.25, -0.2) is 4.99 Å². The van der Waals surface area contributed by atoms with Crippen molar-refractivity contribution in [2.45, 2.75) is 6.92 Å². The Morgan fingerprint density at radius 1 is 1.25 bits per heavy atom. The average molecular weight is 203 g/mol. The van der Waals surface area contributed by atoms with Gasteiger partial charge in [0.05, 0.1) is 11.5 Å². The van der Waals surface area contributed by atoms with E-state index in [9.17, 15) is 0 Å². The van der Waals surface area contributed by atoms with Gasteiger partial charge in [-0.2, -0.15) is 0 Å². The fraction of sp³-hybridized carbons (Fsp3) is 0.125. The van der Waals surface area contributed by atoms with Crippen LogP contribution in [-0.4, -0.2) is 5.84 Å². The van der Waals surface area contributed by atoms with E-state index in [2.05, 4.69) is 4.99 Å². The molecule has 1 rings (SSSR count). The number of rotatable bonds is 1. The molecule has 0 atom stereocenters.